The SMILES string of the molecule is FC(F)(F)c1cc(-c2nc(-c3cccnc3)no2)ccc1-c1ccccc1. The number of nitrogens with zero attached hydrogens (tertiary/aromatic N) is 3. The van der Waals surface area contributed by atoms with E-state index in [2.05, 4.69) is 15.1 Å². The number of alkyl halides is 3. The lowest BCUT2D eigenvalue weighted by molar-refractivity contribution is -0.137. The van der Waals surface area contributed by atoms with E-state index < -0.39 is 11.7 Å². The molecule has 0 atom stereocenters. The van der Waals surface area contributed by atoms with Gasteiger partial charge in [-0.05, 0) is 35.4 Å². The van der Waals surface area contributed by atoms with Gasteiger partial charge in [-0.3, -0.25) is 4.98 Å². The molecular weight excluding hydrogens is 355 g/mol. The summed E-state index contributed by atoms with van der Waals surface area (Å²) in [5.41, 5.74) is 0.637. The van der Waals surface area contributed by atoms with Crippen LogP contribution in [0.1, 0.15) is 5.56 Å². The summed E-state index contributed by atoms with van der Waals surface area (Å²) >= 11 is 0. The number of hydrogen-bond acceptors (Lipinski definition) is 4. The van der Waals surface area contributed by atoms with E-state index in [1.165, 1.54) is 12.1 Å². The van der Waals surface area contributed by atoms with Crippen LogP contribution in [0.2, 0.25) is 0 Å². The standard InChI is InChI=1S/C20H12F3N3O/c21-20(22,23)17-11-14(8-9-16(17)13-5-2-1-3-6-13)19-25-18(26-27-19)15-7-4-10-24-12-15/h1-12H. The van der Waals surface area contributed by atoms with Gasteiger partial charge in [0, 0.05) is 23.5 Å². The van der Waals surface area contributed by atoms with Crippen LogP contribution in [0.4, 0.5) is 13.2 Å². The lowest BCUT2D eigenvalue weighted by atomic mass is 9.97. The fourth-order valence-electron chi connectivity index (χ4n) is 2.73. The van der Waals surface area contributed by atoms with E-state index in [0.29, 0.717) is 11.1 Å². The molecule has 134 valence electrons. The first-order valence-corrected chi connectivity index (χ1v) is 8.03. The van der Waals surface area contributed by atoms with Gasteiger partial charge in [0.1, 0.15) is 0 Å². The molecule has 0 fully saturated rings. The van der Waals surface area contributed by atoms with Crippen molar-refractivity contribution in [1.82, 2.24) is 15.1 Å². The maximum atomic E-state index is 13.6. The molecule has 0 amide bonds. The number of rotatable bonds is 3. The molecule has 27 heavy (non-hydrogen) atoms. The zero-order chi connectivity index (χ0) is 18.9. The second kappa shape index (κ2) is 6.68. The first-order valence-electron chi connectivity index (χ1n) is 8.03. The van der Waals surface area contributed by atoms with E-state index in [-0.39, 0.29) is 22.8 Å². The molecule has 0 spiro atoms. The largest absolute Gasteiger partial charge is 0.417 e. The summed E-state index contributed by atoms with van der Waals surface area (Å²) in [5.74, 6) is 0.276. The molecule has 0 aliphatic rings. The van der Waals surface area contributed by atoms with Crippen LogP contribution in [-0.4, -0.2) is 15.1 Å². The third kappa shape index (κ3) is 3.44. The summed E-state index contributed by atoms with van der Waals surface area (Å²) in [5, 5.41) is 3.83. The van der Waals surface area contributed by atoms with Gasteiger partial charge in [-0.1, -0.05) is 41.6 Å². The second-order valence-electron chi connectivity index (χ2n) is 5.79. The molecular formula is C20H12F3N3O. The topological polar surface area (TPSA) is 51.8 Å². The Bertz CT molecular complexity index is 1060. The first-order chi connectivity index (χ1) is 13.0. The van der Waals surface area contributed by atoms with Crippen molar-refractivity contribution in [2.75, 3.05) is 0 Å². The van der Waals surface area contributed by atoms with Gasteiger partial charge < -0.3 is 4.52 Å². The predicted octanol–water partition coefficient (Wildman–Crippen LogP) is 5.48. The molecule has 0 bridgehead atoms. The van der Waals surface area contributed by atoms with Crippen LogP contribution in [0.5, 0.6) is 0 Å². The second-order valence-corrected chi connectivity index (χ2v) is 5.79. The molecule has 0 saturated carbocycles. The van der Waals surface area contributed by atoms with Crippen molar-refractivity contribution in [1.29, 1.82) is 0 Å². The maximum Gasteiger partial charge on any atom is 0.417 e. The van der Waals surface area contributed by atoms with Crippen molar-refractivity contribution >= 4 is 0 Å². The molecule has 4 nitrogen and oxygen atoms in total. The Morgan fingerprint density at radius 3 is 2.30 bits per heavy atom. The molecule has 4 rings (SSSR count). The molecule has 2 aromatic heterocycles. The summed E-state index contributed by atoms with van der Waals surface area (Å²) < 4.78 is 46.0. The molecule has 0 unspecified atom stereocenters. The minimum atomic E-state index is -4.52. The summed E-state index contributed by atoms with van der Waals surface area (Å²) in [7, 11) is 0. The van der Waals surface area contributed by atoms with Gasteiger partial charge in [0.15, 0.2) is 0 Å². The summed E-state index contributed by atoms with van der Waals surface area (Å²) in [4.78, 5) is 8.16. The van der Waals surface area contributed by atoms with Crippen LogP contribution in [0.3, 0.4) is 0 Å². The lowest BCUT2D eigenvalue weighted by Gasteiger charge is -2.14. The molecule has 0 aliphatic carbocycles. The van der Waals surface area contributed by atoms with E-state index in [1.54, 1.807) is 54.9 Å². The zero-order valence-corrected chi connectivity index (χ0v) is 13.8. The number of hydrogen-bond donors (Lipinski definition) is 0. The summed E-state index contributed by atoms with van der Waals surface area (Å²) in [6, 6.07) is 15.9. The number of halogens is 3. The fraction of sp³-hybridized carbons (Fsp3) is 0.0500. The van der Waals surface area contributed by atoms with E-state index in [0.717, 1.165) is 6.07 Å². The Morgan fingerprint density at radius 2 is 1.59 bits per heavy atom. The van der Waals surface area contributed by atoms with Gasteiger partial charge in [0.25, 0.3) is 5.89 Å². The van der Waals surface area contributed by atoms with E-state index in [4.69, 9.17) is 4.52 Å². The molecule has 4 aromatic rings. The summed E-state index contributed by atoms with van der Waals surface area (Å²) in [6.45, 7) is 0. The van der Waals surface area contributed by atoms with Gasteiger partial charge in [-0.25, -0.2) is 0 Å². The minimum absolute atomic E-state index is 0.0129. The van der Waals surface area contributed by atoms with Gasteiger partial charge in [0.2, 0.25) is 5.82 Å². The van der Waals surface area contributed by atoms with Gasteiger partial charge in [-0.15, -0.1) is 0 Å². The number of benzene rings is 2. The van der Waals surface area contributed by atoms with Crippen LogP contribution in [0, 0.1) is 0 Å². The van der Waals surface area contributed by atoms with Crippen molar-refractivity contribution < 1.29 is 17.7 Å². The van der Waals surface area contributed by atoms with Gasteiger partial charge >= 0.3 is 6.18 Å². The zero-order valence-electron chi connectivity index (χ0n) is 13.8. The van der Waals surface area contributed by atoms with E-state index in [1.807, 2.05) is 0 Å². The molecule has 0 radical (unpaired) electrons. The predicted molar refractivity (Wildman–Crippen MR) is 93.4 cm³/mol. The highest BCUT2D eigenvalue weighted by atomic mass is 19.4. The Hall–Kier alpha value is -3.48. The van der Waals surface area contributed by atoms with Crippen LogP contribution in [-0.2, 0) is 6.18 Å². The monoisotopic (exact) mass is 367 g/mol. The molecule has 0 aliphatic heterocycles. The Kier molecular flexibility index (Phi) is 4.19. The van der Waals surface area contributed by atoms with Gasteiger partial charge in [0.05, 0.1) is 5.56 Å². The Labute approximate surface area is 152 Å². The van der Waals surface area contributed by atoms with Gasteiger partial charge in [-0.2, -0.15) is 18.2 Å². The highest BCUT2D eigenvalue weighted by Crippen LogP contribution is 2.39. The van der Waals surface area contributed by atoms with Crippen molar-refractivity contribution in [3.05, 3.63) is 78.6 Å². The van der Waals surface area contributed by atoms with E-state index in [9.17, 15) is 13.2 Å². The fourth-order valence-corrected chi connectivity index (χ4v) is 2.73. The molecule has 0 saturated heterocycles. The molecule has 7 heteroatoms. The Balaban J connectivity index is 1.78. The van der Waals surface area contributed by atoms with Crippen LogP contribution < -0.4 is 0 Å². The Morgan fingerprint density at radius 1 is 0.815 bits per heavy atom. The maximum absolute atomic E-state index is 13.6. The molecule has 2 aromatic carbocycles. The number of aromatic nitrogens is 3. The van der Waals surface area contributed by atoms with Crippen LogP contribution in [0.15, 0.2) is 77.6 Å². The first kappa shape index (κ1) is 17.0. The number of pyridine rings is 1. The van der Waals surface area contributed by atoms with Crippen molar-refractivity contribution in [2.24, 2.45) is 0 Å². The van der Waals surface area contributed by atoms with Crippen molar-refractivity contribution in [3.63, 3.8) is 0 Å². The molecule has 2 heterocycles. The minimum Gasteiger partial charge on any atom is -0.334 e. The highest BCUT2D eigenvalue weighted by Gasteiger charge is 2.34. The third-order valence-electron chi connectivity index (χ3n) is 4.00. The lowest BCUT2D eigenvalue weighted by Crippen LogP contribution is -2.07. The highest BCUT2D eigenvalue weighted by molar-refractivity contribution is 5.72. The van der Waals surface area contributed by atoms with Crippen LogP contribution >= 0.6 is 0 Å². The third-order valence-corrected chi connectivity index (χ3v) is 4.00. The average molecular weight is 367 g/mol. The quantitative estimate of drug-likeness (QED) is 0.481. The average Bonchev–Trinajstić information content (AvgIpc) is 3.18. The summed E-state index contributed by atoms with van der Waals surface area (Å²) in [6.07, 6.45) is -1.37. The van der Waals surface area contributed by atoms with Crippen molar-refractivity contribution in [2.45, 2.75) is 6.18 Å². The normalized spacial score (nSPS) is 11.5. The van der Waals surface area contributed by atoms with Crippen molar-refractivity contribution in [3.8, 4) is 34.0 Å². The molecule has 0 N–H and O–H groups in total. The van der Waals surface area contributed by atoms with E-state index >= 15 is 0 Å². The smallest absolute Gasteiger partial charge is 0.334 e. The van der Waals surface area contributed by atoms with Crippen LogP contribution in [0.25, 0.3) is 34.0 Å².